The maximum atomic E-state index is 12.8. The second-order valence-corrected chi connectivity index (χ2v) is 7.45. The van der Waals surface area contributed by atoms with Crippen LogP contribution in [0, 0.1) is 5.92 Å². The van der Waals surface area contributed by atoms with Crippen molar-refractivity contribution < 1.29 is 9.53 Å². The van der Waals surface area contributed by atoms with Crippen molar-refractivity contribution in [2.45, 2.75) is 5.92 Å². The van der Waals surface area contributed by atoms with Gasteiger partial charge in [0, 0.05) is 30.6 Å². The third kappa shape index (κ3) is 4.98. The fraction of sp³-hybridized carbons (Fsp3) is 0.273. The van der Waals surface area contributed by atoms with Gasteiger partial charge in [0.1, 0.15) is 11.3 Å². The van der Waals surface area contributed by atoms with E-state index in [2.05, 4.69) is 17.1 Å². The van der Waals surface area contributed by atoms with E-state index in [1.54, 1.807) is 18.3 Å². The minimum Gasteiger partial charge on any atom is -0.481 e. The Balaban J connectivity index is 0.00000160. The van der Waals surface area contributed by atoms with Gasteiger partial charge in [0.25, 0.3) is 5.91 Å². The molecule has 1 fully saturated rings. The van der Waals surface area contributed by atoms with E-state index in [0.717, 1.165) is 5.39 Å². The van der Waals surface area contributed by atoms with Gasteiger partial charge < -0.3 is 15.4 Å². The first kappa shape index (κ1) is 24.2. The number of fused-ring (bicyclic) bond motifs is 1. The van der Waals surface area contributed by atoms with Crippen molar-refractivity contribution in [2.24, 2.45) is 11.7 Å². The quantitative estimate of drug-likeness (QED) is 0.606. The molecule has 1 aromatic heterocycles. The Bertz CT molecular complexity index is 988. The minimum absolute atomic E-state index is 0. The maximum Gasteiger partial charge on any atom is 0.260 e. The third-order valence-corrected chi connectivity index (χ3v) is 5.68. The minimum atomic E-state index is -0.0455. The molecule has 4 rings (SSSR count). The van der Waals surface area contributed by atoms with Crippen LogP contribution in [-0.4, -0.2) is 42.0 Å². The van der Waals surface area contributed by atoms with Crippen LogP contribution >= 0.6 is 36.4 Å². The number of nitrogens with zero attached hydrogens (tertiary/aromatic N) is 2. The van der Waals surface area contributed by atoms with Gasteiger partial charge in [-0.15, -0.1) is 24.8 Å². The number of aromatic nitrogens is 1. The maximum absolute atomic E-state index is 12.8. The van der Waals surface area contributed by atoms with E-state index in [1.807, 2.05) is 35.2 Å². The molecule has 0 unspecified atom stereocenters. The molecule has 0 bridgehead atoms. The molecule has 0 spiro atoms. The van der Waals surface area contributed by atoms with E-state index in [0.29, 0.717) is 35.9 Å². The molecule has 1 aliphatic heterocycles. The van der Waals surface area contributed by atoms with Gasteiger partial charge in [-0.2, -0.15) is 0 Å². The van der Waals surface area contributed by atoms with Gasteiger partial charge in [0.15, 0.2) is 6.61 Å². The predicted molar refractivity (Wildman–Crippen MR) is 125 cm³/mol. The lowest BCUT2D eigenvalue weighted by Crippen LogP contribution is -2.33. The van der Waals surface area contributed by atoms with Crippen LogP contribution in [0.25, 0.3) is 10.9 Å². The highest BCUT2D eigenvalue weighted by Crippen LogP contribution is 2.33. The van der Waals surface area contributed by atoms with Crippen molar-refractivity contribution in [3.05, 3.63) is 71.4 Å². The highest BCUT2D eigenvalue weighted by Gasteiger charge is 2.35. The van der Waals surface area contributed by atoms with Gasteiger partial charge in [0.2, 0.25) is 0 Å². The van der Waals surface area contributed by atoms with E-state index >= 15 is 0 Å². The summed E-state index contributed by atoms with van der Waals surface area (Å²) in [5.74, 6) is 1.02. The average Bonchev–Trinajstić information content (AvgIpc) is 3.18. The van der Waals surface area contributed by atoms with Crippen LogP contribution in [0.1, 0.15) is 11.5 Å². The number of rotatable bonds is 5. The van der Waals surface area contributed by atoms with E-state index < -0.39 is 0 Å². The largest absolute Gasteiger partial charge is 0.481 e. The Morgan fingerprint density at radius 1 is 1.10 bits per heavy atom. The zero-order chi connectivity index (χ0) is 19.5. The lowest BCUT2D eigenvalue weighted by Gasteiger charge is -2.17. The number of carbonyl (C=O) groups excluding carboxylic acids is 1. The van der Waals surface area contributed by atoms with Gasteiger partial charge in [-0.1, -0.05) is 41.9 Å². The zero-order valence-electron chi connectivity index (χ0n) is 16.2. The number of ether oxygens (including phenoxy) is 1. The average molecular weight is 469 g/mol. The summed E-state index contributed by atoms with van der Waals surface area (Å²) in [6.45, 7) is 1.83. The smallest absolute Gasteiger partial charge is 0.260 e. The summed E-state index contributed by atoms with van der Waals surface area (Å²) in [4.78, 5) is 19.0. The van der Waals surface area contributed by atoms with Crippen molar-refractivity contribution in [1.82, 2.24) is 9.88 Å². The first-order chi connectivity index (χ1) is 13.7. The summed E-state index contributed by atoms with van der Waals surface area (Å²) in [6.07, 6.45) is 1.68. The van der Waals surface area contributed by atoms with Crippen LogP contribution in [0.5, 0.6) is 5.75 Å². The van der Waals surface area contributed by atoms with Crippen LogP contribution in [0.2, 0.25) is 5.02 Å². The Hall–Kier alpha value is -2.05. The normalized spacial score (nSPS) is 17.9. The lowest BCUT2D eigenvalue weighted by atomic mass is 9.89. The predicted octanol–water partition coefficient (Wildman–Crippen LogP) is 4.31. The number of hydrogen-bond acceptors (Lipinski definition) is 4. The number of carbonyl (C=O) groups is 1. The monoisotopic (exact) mass is 467 g/mol. The molecule has 2 atom stereocenters. The molecule has 2 heterocycles. The molecule has 30 heavy (non-hydrogen) atoms. The highest BCUT2D eigenvalue weighted by molar-refractivity contribution is 6.35. The summed E-state index contributed by atoms with van der Waals surface area (Å²) in [7, 11) is 0. The third-order valence-electron chi connectivity index (χ3n) is 5.35. The molecule has 0 aliphatic carbocycles. The standard InChI is InChI=1S/C22H22ClN3O2.2ClH/c23-19-8-9-20(22-17(19)7-4-10-25-22)28-14-21(27)26-12-16(11-24)18(13-26)15-5-2-1-3-6-15;;/h1-10,16,18H,11-14,24H2;2*1H/t16-,18+;;/m1../s1. The number of pyridine rings is 1. The summed E-state index contributed by atoms with van der Waals surface area (Å²) < 4.78 is 5.81. The SMILES string of the molecule is Cl.Cl.NC[C@@H]1CN(C(=O)COc2ccc(Cl)c3cccnc23)C[C@H]1c1ccccc1. The van der Waals surface area contributed by atoms with Crippen LogP contribution in [0.15, 0.2) is 60.8 Å². The fourth-order valence-corrected chi connectivity index (χ4v) is 4.07. The Labute approximate surface area is 193 Å². The number of likely N-dealkylation sites (tertiary alicyclic amines) is 1. The van der Waals surface area contributed by atoms with Gasteiger partial charge in [-0.25, -0.2) is 0 Å². The summed E-state index contributed by atoms with van der Waals surface area (Å²) >= 11 is 6.22. The van der Waals surface area contributed by atoms with Crippen LogP contribution in [0.4, 0.5) is 0 Å². The molecule has 2 aromatic carbocycles. The summed E-state index contributed by atoms with van der Waals surface area (Å²) in [5.41, 5.74) is 7.86. The molecule has 0 saturated carbocycles. The molecule has 3 aromatic rings. The first-order valence-corrected chi connectivity index (χ1v) is 9.74. The van der Waals surface area contributed by atoms with Crippen molar-refractivity contribution in [2.75, 3.05) is 26.2 Å². The number of benzene rings is 2. The fourth-order valence-electron chi connectivity index (χ4n) is 3.85. The Morgan fingerprint density at radius 2 is 1.87 bits per heavy atom. The van der Waals surface area contributed by atoms with Gasteiger partial charge in [-0.05, 0) is 42.3 Å². The van der Waals surface area contributed by atoms with E-state index in [4.69, 9.17) is 22.1 Å². The molecule has 1 aliphatic rings. The van der Waals surface area contributed by atoms with Crippen molar-refractivity contribution >= 4 is 53.2 Å². The summed E-state index contributed by atoms with van der Waals surface area (Å²) in [6, 6.07) is 17.5. The topological polar surface area (TPSA) is 68.5 Å². The molecule has 0 radical (unpaired) electrons. The van der Waals surface area contributed by atoms with Crippen LogP contribution in [-0.2, 0) is 4.79 Å². The Kier molecular flexibility index (Phi) is 8.74. The van der Waals surface area contributed by atoms with Crippen molar-refractivity contribution in [3.8, 4) is 5.75 Å². The highest BCUT2D eigenvalue weighted by atomic mass is 35.5. The number of hydrogen-bond donors (Lipinski definition) is 1. The van der Waals surface area contributed by atoms with Gasteiger partial charge >= 0.3 is 0 Å². The summed E-state index contributed by atoms with van der Waals surface area (Å²) in [5, 5.41) is 1.42. The second kappa shape index (κ2) is 10.8. The first-order valence-electron chi connectivity index (χ1n) is 9.36. The molecular formula is C22H24Cl3N3O2. The molecule has 5 nitrogen and oxygen atoms in total. The number of amides is 1. The molecule has 1 saturated heterocycles. The van der Waals surface area contributed by atoms with E-state index in [-0.39, 0.29) is 49.2 Å². The lowest BCUT2D eigenvalue weighted by molar-refractivity contribution is -0.132. The second-order valence-electron chi connectivity index (χ2n) is 7.05. The van der Waals surface area contributed by atoms with Crippen LogP contribution < -0.4 is 10.5 Å². The van der Waals surface area contributed by atoms with Crippen molar-refractivity contribution in [3.63, 3.8) is 0 Å². The van der Waals surface area contributed by atoms with Crippen molar-refractivity contribution in [1.29, 1.82) is 0 Å². The molecule has 8 heteroatoms. The molecule has 160 valence electrons. The van der Waals surface area contributed by atoms with Crippen LogP contribution in [0.3, 0.4) is 0 Å². The number of halogens is 3. The van der Waals surface area contributed by atoms with Gasteiger partial charge in [-0.3, -0.25) is 9.78 Å². The van der Waals surface area contributed by atoms with E-state index in [1.165, 1.54) is 5.56 Å². The zero-order valence-corrected chi connectivity index (χ0v) is 18.6. The van der Waals surface area contributed by atoms with Gasteiger partial charge in [0.05, 0.1) is 5.02 Å². The molecular weight excluding hydrogens is 445 g/mol. The van der Waals surface area contributed by atoms with E-state index in [9.17, 15) is 4.79 Å². The Morgan fingerprint density at radius 3 is 2.60 bits per heavy atom. The molecule has 1 amide bonds. The number of nitrogens with two attached hydrogens (primary N) is 1. The molecule has 2 N–H and O–H groups in total.